The normalized spacial score (nSPS) is 23.1. The number of aromatic amines is 1. The Kier molecular flexibility index (Phi) is 4.96. The Morgan fingerprint density at radius 2 is 2.22 bits per heavy atom. The Hall–Kier alpha value is -3.61. The number of imidazole rings is 1. The van der Waals surface area contributed by atoms with Gasteiger partial charge >= 0.3 is 0 Å². The number of likely N-dealkylation sites (N-methyl/N-ethyl adjacent to an activating group) is 1. The van der Waals surface area contributed by atoms with Crippen molar-refractivity contribution in [3.63, 3.8) is 0 Å². The number of nitrogens with one attached hydrogen (secondary N) is 3. The van der Waals surface area contributed by atoms with E-state index >= 15 is 0 Å². The van der Waals surface area contributed by atoms with E-state index in [0.717, 1.165) is 16.5 Å². The van der Waals surface area contributed by atoms with Gasteiger partial charge in [-0.05, 0) is 23.8 Å². The topological polar surface area (TPSA) is 156 Å². The van der Waals surface area contributed by atoms with Gasteiger partial charge in [-0.2, -0.15) is 0 Å². The number of nitrogens with zero attached hydrogens (tertiary/aromatic N) is 4. The molecule has 3 aromatic heterocycles. The number of rotatable bonds is 5. The fourth-order valence-electron chi connectivity index (χ4n) is 3.94. The second kappa shape index (κ2) is 7.82. The van der Waals surface area contributed by atoms with Gasteiger partial charge < -0.3 is 31.2 Å². The molecule has 0 aliphatic carbocycles. The van der Waals surface area contributed by atoms with Gasteiger partial charge in [-0.1, -0.05) is 0 Å². The van der Waals surface area contributed by atoms with Crippen LogP contribution in [-0.4, -0.2) is 60.8 Å². The summed E-state index contributed by atoms with van der Waals surface area (Å²) in [6.45, 7) is 0.370. The van der Waals surface area contributed by atoms with Crippen LogP contribution in [0.15, 0.2) is 37.1 Å². The van der Waals surface area contributed by atoms with Crippen LogP contribution in [0.5, 0.6) is 0 Å². The first-order chi connectivity index (χ1) is 15.5. The maximum atomic E-state index is 13.6. The largest absolute Gasteiger partial charge is 0.387 e. The molecular formula is C20H21FN8O3. The molecule has 1 aromatic carbocycles. The number of hydrogen-bond donors (Lipinski definition) is 5. The fourth-order valence-corrected chi connectivity index (χ4v) is 3.94. The minimum atomic E-state index is -1.14. The summed E-state index contributed by atoms with van der Waals surface area (Å²) in [6.07, 6.45) is 1.54. The average Bonchev–Trinajstić information content (AvgIpc) is 3.48. The lowest BCUT2D eigenvalue weighted by atomic mass is 10.1. The van der Waals surface area contributed by atoms with Crippen molar-refractivity contribution in [3.05, 3.63) is 48.4 Å². The predicted molar refractivity (Wildman–Crippen MR) is 113 cm³/mol. The van der Waals surface area contributed by atoms with Crippen LogP contribution in [0, 0.1) is 5.82 Å². The SMILES string of the molecule is CNC(=O)[C@H]1O[C@@H](n2cnc3c(NCc4c[nH]c5ccc(F)cc45)ncnc32)[C@H](O)[C@@H]1N. The molecule has 11 nitrogen and oxygen atoms in total. The number of benzene rings is 1. The molecule has 1 amide bonds. The summed E-state index contributed by atoms with van der Waals surface area (Å²) in [6, 6.07) is 3.65. The van der Waals surface area contributed by atoms with E-state index in [9.17, 15) is 14.3 Å². The molecule has 1 aliphatic heterocycles. The lowest BCUT2D eigenvalue weighted by molar-refractivity contribution is -0.134. The van der Waals surface area contributed by atoms with Gasteiger partial charge in [0.05, 0.1) is 12.4 Å². The molecule has 1 fully saturated rings. The van der Waals surface area contributed by atoms with E-state index in [4.69, 9.17) is 10.5 Å². The van der Waals surface area contributed by atoms with E-state index in [0.29, 0.717) is 23.5 Å². The highest BCUT2D eigenvalue weighted by atomic mass is 19.1. The molecule has 4 heterocycles. The molecule has 12 heteroatoms. The van der Waals surface area contributed by atoms with Gasteiger partial charge in [-0.25, -0.2) is 19.3 Å². The summed E-state index contributed by atoms with van der Waals surface area (Å²) in [5.74, 6) is -0.278. The lowest BCUT2D eigenvalue weighted by Gasteiger charge is -2.16. The number of fused-ring (bicyclic) bond motifs is 2. The van der Waals surface area contributed by atoms with Gasteiger partial charge in [0.2, 0.25) is 0 Å². The van der Waals surface area contributed by atoms with E-state index in [1.165, 1.54) is 36.4 Å². The molecule has 1 saturated heterocycles. The Morgan fingerprint density at radius 3 is 3.03 bits per heavy atom. The monoisotopic (exact) mass is 440 g/mol. The maximum Gasteiger partial charge on any atom is 0.250 e. The second-order valence-electron chi connectivity index (χ2n) is 7.53. The Bertz CT molecular complexity index is 1300. The number of nitrogens with two attached hydrogens (primary N) is 1. The number of H-pyrrole nitrogens is 1. The zero-order chi connectivity index (χ0) is 22.4. The highest BCUT2D eigenvalue weighted by Crippen LogP contribution is 2.31. The first-order valence-corrected chi connectivity index (χ1v) is 9.95. The summed E-state index contributed by atoms with van der Waals surface area (Å²) in [5.41, 5.74) is 8.53. The van der Waals surface area contributed by atoms with Crippen LogP contribution in [0.1, 0.15) is 11.8 Å². The smallest absolute Gasteiger partial charge is 0.250 e. The number of hydrogen-bond acceptors (Lipinski definition) is 8. The van der Waals surface area contributed by atoms with Crippen LogP contribution in [0.3, 0.4) is 0 Å². The molecule has 32 heavy (non-hydrogen) atoms. The van der Waals surface area contributed by atoms with Gasteiger partial charge in [0, 0.05) is 30.7 Å². The highest BCUT2D eigenvalue weighted by Gasteiger charge is 2.46. The number of anilines is 1. The van der Waals surface area contributed by atoms with Crippen molar-refractivity contribution in [2.75, 3.05) is 12.4 Å². The average molecular weight is 440 g/mol. The van der Waals surface area contributed by atoms with E-state index in [2.05, 4.69) is 30.6 Å². The zero-order valence-corrected chi connectivity index (χ0v) is 17.0. The standard InChI is InChI=1S/C20H21FN8O3/c1-23-19(31)16-13(22)15(30)20(32-16)29-8-28-14-17(26-7-27-18(14)29)25-6-9-5-24-12-3-2-10(21)4-11(9)12/h2-5,7-8,13,15-16,20,24,30H,6,22H2,1H3,(H,23,31)(H,25,26,27)/t13-,15+,16-,20+/m0/s1. The molecule has 0 radical (unpaired) electrons. The molecule has 0 saturated carbocycles. The van der Waals surface area contributed by atoms with Crippen LogP contribution in [0.25, 0.3) is 22.1 Å². The van der Waals surface area contributed by atoms with Gasteiger partial charge in [0.25, 0.3) is 5.91 Å². The molecule has 166 valence electrons. The fraction of sp³-hybridized carbons (Fsp3) is 0.300. The molecule has 5 rings (SSSR count). The summed E-state index contributed by atoms with van der Waals surface area (Å²) in [5, 5.41) is 17.0. The number of aliphatic hydroxyl groups excluding tert-OH is 1. The molecule has 0 bridgehead atoms. The number of carbonyl (C=O) groups excluding carboxylic acids is 1. The highest BCUT2D eigenvalue weighted by molar-refractivity contribution is 5.85. The quantitative estimate of drug-likeness (QED) is 0.298. The molecule has 0 spiro atoms. The number of halogens is 1. The van der Waals surface area contributed by atoms with Crippen molar-refractivity contribution < 1.29 is 19.0 Å². The van der Waals surface area contributed by atoms with Crippen molar-refractivity contribution in [2.24, 2.45) is 5.73 Å². The molecule has 1 aliphatic rings. The van der Waals surface area contributed by atoms with Crippen molar-refractivity contribution >= 4 is 33.8 Å². The summed E-state index contributed by atoms with van der Waals surface area (Å²) in [7, 11) is 1.47. The van der Waals surface area contributed by atoms with Crippen LogP contribution < -0.4 is 16.4 Å². The number of carbonyl (C=O) groups is 1. The molecule has 4 atom stereocenters. The molecular weight excluding hydrogens is 419 g/mol. The number of ether oxygens (including phenoxy) is 1. The summed E-state index contributed by atoms with van der Waals surface area (Å²) in [4.78, 5) is 28.0. The van der Waals surface area contributed by atoms with E-state index < -0.39 is 30.4 Å². The van der Waals surface area contributed by atoms with Crippen molar-refractivity contribution in [3.8, 4) is 0 Å². The van der Waals surface area contributed by atoms with Gasteiger partial charge in [0.15, 0.2) is 29.3 Å². The summed E-state index contributed by atoms with van der Waals surface area (Å²) >= 11 is 0. The third kappa shape index (κ3) is 3.25. The first kappa shape index (κ1) is 20.3. The maximum absolute atomic E-state index is 13.6. The van der Waals surface area contributed by atoms with Gasteiger partial charge in [0.1, 0.15) is 18.2 Å². The molecule has 0 unspecified atom stereocenters. The Balaban J connectivity index is 1.42. The molecule has 4 aromatic rings. The van der Waals surface area contributed by atoms with Gasteiger partial charge in [-0.15, -0.1) is 0 Å². The van der Waals surface area contributed by atoms with Gasteiger partial charge in [-0.3, -0.25) is 9.36 Å². The van der Waals surface area contributed by atoms with Crippen molar-refractivity contribution in [1.29, 1.82) is 0 Å². The van der Waals surface area contributed by atoms with Crippen LogP contribution in [-0.2, 0) is 16.1 Å². The van der Waals surface area contributed by atoms with Crippen molar-refractivity contribution in [1.82, 2.24) is 29.8 Å². The van der Waals surface area contributed by atoms with Crippen molar-refractivity contribution in [2.45, 2.75) is 31.0 Å². The van der Waals surface area contributed by atoms with E-state index in [-0.39, 0.29) is 5.82 Å². The van der Waals surface area contributed by atoms with Crippen LogP contribution in [0.4, 0.5) is 10.2 Å². The van der Waals surface area contributed by atoms with Crippen LogP contribution in [0.2, 0.25) is 0 Å². The Labute approximate surface area is 180 Å². The third-order valence-electron chi connectivity index (χ3n) is 5.64. The number of aromatic nitrogens is 5. The van der Waals surface area contributed by atoms with E-state index in [1.807, 2.05) is 0 Å². The Morgan fingerprint density at radius 1 is 1.38 bits per heavy atom. The molecule has 6 N–H and O–H groups in total. The van der Waals surface area contributed by atoms with E-state index in [1.54, 1.807) is 12.3 Å². The minimum absolute atomic E-state index is 0.315. The van der Waals surface area contributed by atoms with Crippen LogP contribution >= 0.6 is 0 Å². The predicted octanol–water partition coefficient (Wildman–Crippen LogP) is 0.390. The number of amides is 1. The first-order valence-electron chi connectivity index (χ1n) is 9.95. The third-order valence-corrected chi connectivity index (χ3v) is 5.64. The zero-order valence-electron chi connectivity index (χ0n) is 17.0. The number of aliphatic hydroxyl groups is 1. The second-order valence-corrected chi connectivity index (χ2v) is 7.53. The lowest BCUT2D eigenvalue weighted by Crippen LogP contribution is -2.46. The summed E-state index contributed by atoms with van der Waals surface area (Å²) < 4.78 is 20.9. The minimum Gasteiger partial charge on any atom is -0.387 e.